The fraction of sp³-hybridized carbons (Fsp3) is 0.333. The van der Waals surface area contributed by atoms with Gasteiger partial charge in [0.25, 0.3) is 0 Å². The fourth-order valence-electron chi connectivity index (χ4n) is 3.53. The number of fused-ring (bicyclic) bond motifs is 1. The summed E-state index contributed by atoms with van der Waals surface area (Å²) in [4.78, 5) is 0. The molecular formula is C24H27NO5. The molecule has 4 rings (SSSR count). The van der Waals surface area contributed by atoms with Gasteiger partial charge in [-0.3, -0.25) is 0 Å². The first-order valence-corrected chi connectivity index (χ1v) is 10.1. The van der Waals surface area contributed by atoms with E-state index in [1.807, 2.05) is 30.3 Å². The van der Waals surface area contributed by atoms with E-state index in [-0.39, 0.29) is 12.4 Å². The van der Waals surface area contributed by atoms with Crippen LogP contribution in [0, 0.1) is 0 Å². The summed E-state index contributed by atoms with van der Waals surface area (Å²) in [6.07, 6.45) is -0.322. The van der Waals surface area contributed by atoms with Gasteiger partial charge in [0.15, 0.2) is 17.8 Å². The summed E-state index contributed by atoms with van der Waals surface area (Å²) < 4.78 is 28.5. The smallest absolute Gasteiger partial charge is 0.203 e. The van der Waals surface area contributed by atoms with Crippen LogP contribution in [0.25, 0.3) is 10.8 Å². The SMILES string of the molecule is COc1cccc(OC)c1OCCNCC1COC(c2ccc3ccccc3c2)O1. The Labute approximate surface area is 176 Å². The number of nitrogens with one attached hydrogen (secondary N) is 1. The first-order valence-electron chi connectivity index (χ1n) is 10.1. The zero-order valence-corrected chi connectivity index (χ0v) is 17.3. The number of benzene rings is 3. The van der Waals surface area contributed by atoms with Crippen molar-refractivity contribution in [3.8, 4) is 17.2 Å². The highest BCUT2D eigenvalue weighted by Crippen LogP contribution is 2.36. The van der Waals surface area contributed by atoms with Crippen LogP contribution in [-0.2, 0) is 9.47 Å². The third-order valence-electron chi connectivity index (χ3n) is 5.08. The summed E-state index contributed by atoms with van der Waals surface area (Å²) in [7, 11) is 3.23. The standard InChI is InChI=1S/C24H27NO5/c1-26-21-8-5-9-22(27-2)23(21)28-13-12-25-15-20-16-29-24(30-20)19-11-10-17-6-3-4-7-18(17)14-19/h3-11,14,20,24-25H,12-13,15-16H2,1-2H3. The lowest BCUT2D eigenvalue weighted by atomic mass is 10.1. The van der Waals surface area contributed by atoms with Crippen LogP contribution < -0.4 is 19.5 Å². The number of hydrogen-bond acceptors (Lipinski definition) is 6. The van der Waals surface area contributed by atoms with Crippen LogP contribution in [0.4, 0.5) is 0 Å². The van der Waals surface area contributed by atoms with Gasteiger partial charge in [-0.2, -0.15) is 0 Å². The van der Waals surface area contributed by atoms with Gasteiger partial charge < -0.3 is 29.0 Å². The van der Waals surface area contributed by atoms with E-state index in [2.05, 4.69) is 35.6 Å². The molecule has 158 valence electrons. The maximum atomic E-state index is 6.07. The predicted molar refractivity (Wildman–Crippen MR) is 115 cm³/mol. The third-order valence-corrected chi connectivity index (χ3v) is 5.08. The van der Waals surface area contributed by atoms with E-state index in [0.29, 0.717) is 43.6 Å². The lowest BCUT2D eigenvalue weighted by Gasteiger charge is -2.15. The normalized spacial score (nSPS) is 18.5. The molecule has 1 fully saturated rings. The van der Waals surface area contributed by atoms with Crippen LogP contribution in [0.1, 0.15) is 11.9 Å². The van der Waals surface area contributed by atoms with Crippen LogP contribution in [0.2, 0.25) is 0 Å². The minimum Gasteiger partial charge on any atom is -0.493 e. The highest BCUT2D eigenvalue weighted by Gasteiger charge is 2.27. The molecule has 30 heavy (non-hydrogen) atoms. The predicted octanol–water partition coefficient (Wildman–Crippen LogP) is 3.94. The molecule has 1 heterocycles. The molecular weight excluding hydrogens is 382 g/mol. The average Bonchev–Trinajstić information content (AvgIpc) is 3.27. The van der Waals surface area contributed by atoms with Crippen molar-refractivity contribution in [1.29, 1.82) is 0 Å². The molecule has 3 aromatic rings. The molecule has 0 aromatic heterocycles. The topological polar surface area (TPSA) is 58.2 Å². The van der Waals surface area contributed by atoms with Gasteiger partial charge in [0.1, 0.15) is 6.61 Å². The van der Waals surface area contributed by atoms with Gasteiger partial charge in [-0.05, 0) is 29.0 Å². The Balaban J connectivity index is 1.23. The molecule has 1 saturated heterocycles. The van der Waals surface area contributed by atoms with E-state index in [1.165, 1.54) is 10.8 Å². The van der Waals surface area contributed by atoms with E-state index in [0.717, 1.165) is 5.56 Å². The Morgan fingerprint density at radius 1 is 0.933 bits per heavy atom. The monoisotopic (exact) mass is 409 g/mol. The molecule has 3 aromatic carbocycles. The van der Waals surface area contributed by atoms with Crippen molar-refractivity contribution in [1.82, 2.24) is 5.32 Å². The van der Waals surface area contributed by atoms with Crippen molar-refractivity contribution < 1.29 is 23.7 Å². The Morgan fingerprint density at radius 3 is 2.47 bits per heavy atom. The van der Waals surface area contributed by atoms with E-state index in [1.54, 1.807) is 14.2 Å². The van der Waals surface area contributed by atoms with Crippen LogP contribution >= 0.6 is 0 Å². The summed E-state index contributed by atoms with van der Waals surface area (Å²) in [5.41, 5.74) is 1.04. The molecule has 0 saturated carbocycles. The Hall–Kier alpha value is -2.80. The second-order valence-corrected chi connectivity index (χ2v) is 7.07. The molecule has 0 aliphatic carbocycles. The maximum Gasteiger partial charge on any atom is 0.203 e. The summed E-state index contributed by atoms with van der Waals surface area (Å²) in [6.45, 7) is 2.41. The van der Waals surface area contributed by atoms with Crippen molar-refractivity contribution in [2.45, 2.75) is 12.4 Å². The number of hydrogen-bond donors (Lipinski definition) is 1. The van der Waals surface area contributed by atoms with Gasteiger partial charge in [0.05, 0.1) is 26.9 Å². The third kappa shape index (κ3) is 4.67. The zero-order valence-electron chi connectivity index (χ0n) is 17.3. The zero-order chi connectivity index (χ0) is 20.8. The van der Waals surface area contributed by atoms with E-state index < -0.39 is 0 Å². The van der Waals surface area contributed by atoms with E-state index in [4.69, 9.17) is 23.7 Å². The van der Waals surface area contributed by atoms with Gasteiger partial charge >= 0.3 is 0 Å². The molecule has 2 atom stereocenters. The molecule has 1 aliphatic heterocycles. The molecule has 2 unspecified atom stereocenters. The second kappa shape index (κ2) is 9.80. The Morgan fingerprint density at radius 2 is 1.70 bits per heavy atom. The molecule has 1 aliphatic rings. The van der Waals surface area contributed by atoms with Gasteiger partial charge in [-0.25, -0.2) is 0 Å². The number of rotatable bonds is 9. The first kappa shape index (κ1) is 20.5. The van der Waals surface area contributed by atoms with E-state index in [9.17, 15) is 0 Å². The van der Waals surface area contributed by atoms with Crippen LogP contribution in [-0.4, -0.2) is 46.6 Å². The lowest BCUT2D eigenvalue weighted by molar-refractivity contribution is -0.0595. The molecule has 6 heteroatoms. The van der Waals surface area contributed by atoms with Crippen LogP contribution in [0.5, 0.6) is 17.2 Å². The molecule has 0 spiro atoms. The summed E-state index contributed by atoms with van der Waals surface area (Å²) >= 11 is 0. The van der Waals surface area contributed by atoms with Gasteiger partial charge in [-0.15, -0.1) is 0 Å². The summed E-state index contributed by atoms with van der Waals surface area (Å²) in [6, 6.07) is 20.1. The Kier molecular flexibility index (Phi) is 6.69. The fourth-order valence-corrected chi connectivity index (χ4v) is 3.53. The minimum atomic E-state index is -0.324. The molecule has 1 N–H and O–H groups in total. The van der Waals surface area contributed by atoms with Crippen molar-refractivity contribution in [2.75, 3.05) is 40.5 Å². The minimum absolute atomic E-state index is 0.00210. The van der Waals surface area contributed by atoms with Gasteiger partial charge in [0.2, 0.25) is 5.75 Å². The van der Waals surface area contributed by atoms with Crippen molar-refractivity contribution in [3.63, 3.8) is 0 Å². The van der Waals surface area contributed by atoms with Gasteiger partial charge in [-0.1, -0.05) is 42.5 Å². The summed E-state index contributed by atoms with van der Waals surface area (Å²) in [5, 5.41) is 5.76. The van der Waals surface area contributed by atoms with Gasteiger partial charge in [0, 0.05) is 18.7 Å². The van der Waals surface area contributed by atoms with Crippen molar-refractivity contribution >= 4 is 10.8 Å². The lowest BCUT2D eigenvalue weighted by Crippen LogP contribution is -2.31. The molecule has 0 bridgehead atoms. The summed E-state index contributed by atoms with van der Waals surface area (Å²) in [5.74, 6) is 1.92. The highest BCUT2D eigenvalue weighted by molar-refractivity contribution is 5.83. The number of methoxy groups -OCH3 is 2. The molecule has 0 amide bonds. The Bertz CT molecular complexity index is 954. The van der Waals surface area contributed by atoms with E-state index >= 15 is 0 Å². The molecule has 6 nitrogen and oxygen atoms in total. The maximum absolute atomic E-state index is 6.07. The molecule has 0 radical (unpaired) electrons. The number of ether oxygens (including phenoxy) is 5. The second-order valence-electron chi connectivity index (χ2n) is 7.07. The van der Waals surface area contributed by atoms with Crippen molar-refractivity contribution in [2.24, 2.45) is 0 Å². The quantitative estimate of drug-likeness (QED) is 0.540. The van der Waals surface area contributed by atoms with Crippen LogP contribution in [0.3, 0.4) is 0 Å². The average molecular weight is 409 g/mol. The van der Waals surface area contributed by atoms with Crippen LogP contribution in [0.15, 0.2) is 60.7 Å². The number of para-hydroxylation sites is 1. The highest BCUT2D eigenvalue weighted by atomic mass is 16.7. The first-order chi connectivity index (χ1) is 14.8. The largest absolute Gasteiger partial charge is 0.493 e. The van der Waals surface area contributed by atoms with Crippen molar-refractivity contribution in [3.05, 3.63) is 66.2 Å².